The van der Waals surface area contributed by atoms with E-state index in [-0.39, 0.29) is 12.0 Å². The molecule has 1 saturated heterocycles. The molecule has 122 valence electrons. The van der Waals surface area contributed by atoms with Crippen molar-refractivity contribution in [3.63, 3.8) is 0 Å². The van der Waals surface area contributed by atoms with Gasteiger partial charge in [-0.2, -0.15) is 0 Å². The first kappa shape index (κ1) is 15.3. The Balaban J connectivity index is 1.56. The molecular weight excluding hydrogens is 320 g/mol. The van der Waals surface area contributed by atoms with Crippen molar-refractivity contribution in [2.45, 2.75) is 13.0 Å². The van der Waals surface area contributed by atoms with E-state index in [1.165, 1.54) is 0 Å². The van der Waals surface area contributed by atoms with Crippen molar-refractivity contribution < 1.29 is 9.53 Å². The number of hydrogen-bond donors (Lipinski definition) is 0. The number of rotatable bonds is 2. The SMILES string of the molecule is Cc1nc2ccc(C(=O)N3CCOC(c4ccccc4)C3)cc2s1. The van der Waals surface area contributed by atoms with Crippen molar-refractivity contribution in [2.24, 2.45) is 0 Å². The molecule has 3 aromatic rings. The third kappa shape index (κ3) is 2.92. The first-order chi connectivity index (χ1) is 11.7. The van der Waals surface area contributed by atoms with Crippen LogP contribution in [0.15, 0.2) is 48.5 Å². The van der Waals surface area contributed by atoms with Gasteiger partial charge in [-0.25, -0.2) is 4.98 Å². The summed E-state index contributed by atoms with van der Waals surface area (Å²) in [5, 5.41) is 1.02. The summed E-state index contributed by atoms with van der Waals surface area (Å²) >= 11 is 1.62. The summed E-state index contributed by atoms with van der Waals surface area (Å²) in [5.41, 5.74) is 2.79. The predicted molar refractivity (Wildman–Crippen MR) is 95.4 cm³/mol. The summed E-state index contributed by atoms with van der Waals surface area (Å²) in [4.78, 5) is 19.2. The molecule has 0 aliphatic carbocycles. The zero-order valence-electron chi connectivity index (χ0n) is 13.4. The molecule has 2 aromatic carbocycles. The number of nitrogens with zero attached hydrogens (tertiary/aromatic N) is 2. The molecule has 1 amide bonds. The molecule has 0 N–H and O–H groups in total. The third-order valence-electron chi connectivity index (χ3n) is 4.27. The number of aryl methyl sites for hydroxylation is 1. The van der Waals surface area contributed by atoms with Crippen molar-refractivity contribution >= 4 is 27.5 Å². The van der Waals surface area contributed by atoms with Crippen molar-refractivity contribution in [3.05, 3.63) is 64.7 Å². The number of aromatic nitrogens is 1. The first-order valence-corrected chi connectivity index (χ1v) is 8.85. The molecule has 1 unspecified atom stereocenters. The highest BCUT2D eigenvalue weighted by molar-refractivity contribution is 7.18. The van der Waals surface area contributed by atoms with Crippen LogP contribution >= 0.6 is 11.3 Å². The molecular formula is C19H18N2O2S. The summed E-state index contributed by atoms with van der Waals surface area (Å²) in [7, 11) is 0. The summed E-state index contributed by atoms with van der Waals surface area (Å²) in [5.74, 6) is 0.0622. The van der Waals surface area contributed by atoms with Crippen LogP contribution < -0.4 is 0 Å². The van der Waals surface area contributed by atoms with Crippen LogP contribution in [-0.2, 0) is 4.74 Å². The quantitative estimate of drug-likeness (QED) is 0.713. The molecule has 1 aliphatic heterocycles. The Hall–Kier alpha value is -2.24. The van der Waals surface area contributed by atoms with Gasteiger partial charge >= 0.3 is 0 Å². The summed E-state index contributed by atoms with van der Waals surface area (Å²) in [6.45, 7) is 3.76. The number of morpholine rings is 1. The van der Waals surface area contributed by atoms with Gasteiger partial charge in [0.15, 0.2) is 0 Å². The fraction of sp³-hybridized carbons (Fsp3) is 0.263. The van der Waals surface area contributed by atoms with Crippen molar-refractivity contribution in [2.75, 3.05) is 19.7 Å². The minimum Gasteiger partial charge on any atom is -0.370 e. The van der Waals surface area contributed by atoms with Gasteiger partial charge in [0.05, 0.1) is 28.4 Å². The van der Waals surface area contributed by atoms with Gasteiger partial charge in [-0.3, -0.25) is 4.79 Å². The van der Waals surface area contributed by atoms with Gasteiger partial charge < -0.3 is 9.64 Å². The first-order valence-electron chi connectivity index (χ1n) is 8.04. The molecule has 1 fully saturated rings. The van der Waals surface area contributed by atoms with Crippen molar-refractivity contribution in [3.8, 4) is 0 Å². The second-order valence-corrected chi connectivity index (χ2v) is 7.17. The minimum atomic E-state index is -0.0571. The number of amides is 1. The normalized spacial score (nSPS) is 18.0. The lowest BCUT2D eigenvalue weighted by Gasteiger charge is -2.33. The number of carbonyl (C=O) groups excluding carboxylic acids is 1. The highest BCUT2D eigenvalue weighted by Crippen LogP contribution is 2.26. The lowest BCUT2D eigenvalue weighted by molar-refractivity contribution is -0.0228. The Morgan fingerprint density at radius 2 is 2.08 bits per heavy atom. The Morgan fingerprint density at radius 1 is 1.25 bits per heavy atom. The second kappa shape index (κ2) is 6.34. The number of benzene rings is 2. The van der Waals surface area contributed by atoms with Crippen molar-refractivity contribution in [1.82, 2.24) is 9.88 Å². The molecule has 1 aromatic heterocycles. The molecule has 0 saturated carbocycles. The van der Waals surface area contributed by atoms with E-state index in [2.05, 4.69) is 4.98 Å². The highest BCUT2D eigenvalue weighted by atomic mass is 32.1. The zero-order valence-corrected chi connectivity index (χ0v) is 14.3. The van der Waals surface area contributed by atoms with E-state index in [4.69, 9.17) is 4.74 Å². The van der Waals surface area contributed by atoms with E-state index in [1.807, 2.05) is 60.4 Å². The molecule has 24 heavy (non-hydrogen) atoms. The van der Waals surface area contributed by atoms with Gasteiger partial charge in [0, 0.05) is 12.1 Å². The Labute approximate surface area is 144 Å². The van der Waals surface area contributed by atoms with Crippen LogP contribution in [-0.4, -0.2) is 35.5 Å². The molecule has 0 radical (unpaired) electrons. The molecule has 1 atom stereocenters. The lowest BCUT2D eigenvalue weighted by Crippen LogP contribution is -2.42. The highest BCUT2D eigenvalue weighted by Gasteiger charge is 2.26. The Kier molecular flexibility index (Phi) is 4.04. The molecule has 0 spiro atoms. The molecule has 4 nitrogen and oxygen atoms in total. The molecule has 5 heteroatoms. The maximum absolute atomic E-state index is 12.9. The van der Waals surface area contributed by atoms with Gasteiger partial charge in [0.2, 0.25) is 0 Å². The average molecular weight is 338 g/mol. The Bertz CT molecular complexity index is 875. The van der Waals surface area contributed by atoms with Gasteiger partial charge in [0.25, 0.3) is 5.91 Å². The van der Waals surface area contributed by atoms with E-state index >= 15 is 0 Å². The third-order valence-corrected chi connectivity index (χ3v) is 5.20. The topological polar surface area (TPSA) is 42.4 Å². The zero-order chi connectivity index (χ0) is 16.5. The molecule has 4 rings (SSSR count). The maximum Gasteiger partial charge on any atom is 0.254 e. The van der Waals surface area contributed by atoms with Crippen LogP contribution in [0.1, 0.15) is 27.0 Å². The van der Waals surface area contributed by atoms with Gasteiger partial charge in [-0.1, -0.05) is 30.3 Å². The van der Waals surface area contributed by atoms with Crippen molar-refractivity contribution in [1.29, 1.82) is 0 Å². The van der Waals surface area contributed by atoms with E-state index in [0.29, 0.717) is 19.7 Å². The fourth-order valence-electron chi connectivity index (χ4n) is 3.06. The second-order valence-electron chi connectivity index (χ2n) is 5.94. The number of hydrogen-bond acceptors (Lipinski definition) is 4. The lowest BCUT2D eigenvalue weighted by atomic mass is 10.1. The number of ether oxygens (including phenoxy) is 1. The van der Waals surface area contributed by atoms with Gasteiger partial charge in [0.1, 0.15) is 6.10 Å². The average Bonchev–Trinajstić information content (AvgIpc) is 3.01. The molecule has 1 aliphatic rings. The fourth-order valence-corrected chi connectivity index (χ4v) is 3.92. The number of fused-ring (bicyclic) bond motifs is 1. The van der Waals surface area contributed by atoms with Crippen LogP contribution in [0.25, 0.3) is 10.2 Å². The number of thiazole rings is 1. The van der Waals surface area contributed by atoms with Crippen LogP contribution in [0.4, 0.5) is 0 Å². The van der Waals surface area contributed by atoms with Crippen LogP contribution in [0.5, 0.6) is 0 Å². The van der Waals surface area contributed by atoms with Crippen LogP contribution in [0.3, 0.4) is 0 Å². The monoisotopic (exact) mass is 338 g/mol. The largest absolute Gasteiger partial charge is 0.370 e. The summed E-state index contributed by atoms with van der Waals surface area (Å²) < 4.78 is 6.91. The van der Waals surface area contributed by atoms with Crippen LogP contribution in [0.2, 0.25) is 0 Å². The predicted octanol–water partition coefficient (Wildman–Crippen LogP) is 3.82. The van der Waals surface area contributed by atoms with E-state index in [0.717, 1.165) is 26.4 Å². The standard InChI is InChI=1S/C19H18N2O2S/c1-13-20-16-8-7-15(11-18(16)24-13)19(22)21-9-10-23-17(12-21)14-5-3-2-4-6-14/h2-8,11,17H,9-10,12H2,1H3. The number of carbonyl (C=O) groups is 1. The van der Waals surface area contributed by atoms with Gasteiger partial charge in [-0.05, 0) is 30.7 Å². The minimum absolute atomic E-state index is 0.0571. The maximum atomic E-state index is 12.9. The summed E-state index contributed by atoms with van der Waals surface area (Å²) in [6.07, 6.45) is -0.0571. The molecule has 2 heterocycles. The molecule has 0 bridgehead atoms. The van der Waals surface area contributed by atoms with E-state index in [1.54, 1.807) is 11.3 Å². The van der Waals surface area contributed by atoms with Crippen LogP contribution in [0, 0.1) is 6.92 Å². The van der Waals surface area contributed by atoms with E-state index in [9.17, 15) is 4.79 Å². The van der Waals surface area contributed by atoms with Gasteiger partial charge in [-0.15, -0.1) is 11.3 Å². The Morgan fingerprint density at radius 3 is 2.92 bits per heavy atom. The van der Waals surface area contributed by atoms with E-state index < -0.39 is 0 Å². The summed E-state index contributed by atoms with van der Waals surface area (Å²) in [6, 6.07) is 15.8. The smallest absolute Gasteiger partial charge is 0.254 e.